The van der Waals surface area contributed by atoms with Crippen LogP contribution in [0.1, 0.15) is 30.9 Å². The third-order valence-electron chi connectivity index (χ3n) is 4.57. The van der Waals surface area contributed by atoms with E-state index < -0.39 is 6.61 Å². The van der Waals surface area contributed by atoms with E-state index in [9.17, 15) is 8.78 Å². The first-order chi connectivity index (χ1) is 10.2. The third-order valence-corrected chi connectivity index (χ3v) is 4.57. The highest BCUT2D eigenvalue weighted by Crippen LogP contribution is 2.42. The fourth-order valence-corrected chi connectivity index (χ4v) is 3.37. The Labute approximate surface area is 124 Å². The minimum absolute atomic E-state index is 0.266. The summed E-state index contributed by atoms with van der Waals surface area (Å²) in [5.41, 5.74) is 1.11. The zero-order chi connectivity index (χ0) is 14.7. The van der Waals surface area contributed by atoms with Crippen molar-refractivity contribution >= 4 is 0 Å². The summed E-state index contributed by atoms with van der Waals surface area (Å²) >= 11 is 0. The van der Waals surface area contributed by atoms with Gasteiger partial charge in [0.2, 0.25) is 0 Å². The predicted octanol–water partition coefficient (Wildman–Crippen LogP) is 3.03. The molecule has 1 aliphatic heterocycles. The Morgan fingerprint density at radius 2 is 1.95 bits per heavy atom. The number of benzene rings is 1. The first-order valence-electron chi connectivity index (χ1n) is 7.73. The molecular weight excluding hydrogens is 274 g/mol. The van der Waals surface area contributed by atoms with E-state index in [1.807, 2.05) is 12.1 Å². The standard InChI is InChI=1S/C16H22F2N2O/c17-16(18)21-14-6-2-5-13(11-14)15(12-3-1-4-12)20-9-7-19-8-10-20/h2,5-6,11-12,15-16,19H,1,3-4,7-10H2/t15-/m0/s1. The second-order valence-electron chi connectivity index (χ2n) is 5.87. The molecule has 1 saturated carbocycles. The molecule has 0 amide bonds. The Hall–Kier alpha value is -1.20. The molecule has 1 atom stereocenters. The monoisotopic (exact) mass is 296 g/mol. The number of hydrogen-bond donors (Lipinski definition) is 1. The average molecular weight is 296 g/mol. The first-order valence-corrected chi connectivity index (χ1v) is 7.73. The highest BCUT2D eigenvalue weighted by atomic mass is 19.3. The van der Waals surface area contributed by atoms with Crippen molar-refractivity contribution in [3.63, 3.8) is 0 Å². The van der Waals surface area contributed by atoms with Gasteiger partial charge in [-0.2, -0.15) is 8.78 Å². The van der Waals surface area contributed by atoms with E-state index in [1.165, 1.54) is 19.3 Å². The summed E-state index contributed by atoms with van der Waals surface area (Å²) in [4.78, 5) is 2.49. The predicted molar refractivity (Wildman–Crippen MR) is 77.6 cm³/mol. The maximum atomic E-state index is 12.4. The van der Waals surface area contributed by atoms with Crippen LogP contribution in [0.2, 0.25) is 0 Å². The number of hydrogen-bond acceptors (Lipinski definition) is 3. The van der Waals surface area contributed by atoms with E-state index in [0.29, 0.717) is 12.0 Å². The molecule has 116 valence electrons. The molecule has 2 fully saturated rings. The van der Waals surface area contributed by atoms with Crippen LogP contribution in [-0.4, -0.2) is 37.7 Å². The molecule has 0 aromatic heterocycles. The quantitative estimate of drug-likeness (QED) is 0.904. The lowest BCUT2D eigenvalue weighted by molar-refractivity contribution is -0.0500. The zero-order valence-corrected chi connectivity index (χ0v) is 12.1. The van der Waals surface area contributed by atoms with Crippen molar-refractivity contribution in [1.29, 1.82) is 0 Å². The SMILES string of the molecule is FC(F)Oc1cccc([C@H](C2CCC2)N2CCNCC2)c1. The molecule has 2 aliphatic rings. The smallest absolute Gasteiger partial charge is 0.387 e. The normalized spacial score (nSPS) is 22.0. The van der Waals surface area contributed by atoms with Crippen molar-refractivity contribution in [2.75, 3.05) is 26.2 Å². The summed E-state index contributed by atoms with van der Waals surface area (Å²) in [5.74, 6) is 0.909. The molecule has 3 rings (SSSR count). The van der Waals surface area contributed by atoms with Crippen molar-refractivity contribution in [2.24, 2.45) is 5.92 Å². The molecule has 1 N–H and O–H groups in total. The molecule has 0 spiro atoms. The molecule has 1 saturated heterocycles. The van der Waals surface area contributed by atoms with Gasteiger partial charge in [0, 0.05) is 32.2 Å². The Bertz CT molecular complexity index is 459. The molecular formula is C16H22F2N2O. The lowest BCUT2D eigenvalue weighted by atomic mass is 9.76. The largest absolute Gasteiger partial charge is 0.435 e. The Kier molecular flexibility index (Phi) is 4.70. The van der Waals surface area contributed by atoms with Gasteiger partial charge in [-0.15, -0.1) is 0 Å². The maximum Gasteiger partial charge on any atom is 0.387 e. The van der Waals surface area contributed by atoms with E-state index in [4.69, 9.17) is 0 Å². The van der Waals surface area contributed by atoms with E-state index in [0.717, 1.165) is 31.7 Å². The second-order valence-corrected chi connectivity index (χ2v) is 5.87. The van der Waals surface area contributed by atoms with Gasteiger partial charge in [-0.1, -0.05) is 18.6 Å². The average Bonchev–Trinajstić information content (AvgIpc) is 2.43. The Balaban J connectivity index is 1.81. The van der Waals surface area contributed by atoms with Crippen LogP contribution in [0, 0.1) is 5.92 Å². The van der Waals surface area contributed by atoms with Gasteiger partial charge in [0.1, 0.15) is 5.75 Å². The summed E-state index contributed by atoms with van der Waals surface area (Å²) in [6.45, 7) is 1.26. The molecule has 0 unspecified atom stereocenters. The van der Waals surface area contributed by atoms with E-state index >= 15 is 0 Å². The van der Waals surface area contributed by atoms with Gasteiger partial charge in [0.25, 0.3) is 0 Å². The van der Waals surface area contributed by atoms with E-state index in [2.05, 4.69) is 15.0 Å². The van der Waals surface area contributed by atoms with Crippen molar-refractivity contribution in [2.45, 2.75) is 31.9 Å². The number of rotatable bonds is 5. The van der Waals surface area contributed by atoms with Crippen LogP contribution >= 0.6 is 0 Å². The Morgan fingerprint density at radius 1 is 1.19 bits per heavy atom. The fourth-order valence-electron chi connectivity index (χ4n) is 3.37. The molecule has 1 aromatic rings. The number of piperazine rings is 1. The first kappa shape index (κ1) is 14.7. The summed E-state index contributed by atoms with van der Waals surface area (Å²) < 4.78 is 29.4. The van der Waals surface area contributed by atoms with Gasteiger partial charge in [0.15, 0.2) is 0 Å². The summed E-state index contributed by atoms with van der Waals surface area (Å²) in [6.07, 6.45) is 3.74. The zero-order valence-electron chi connectivity index (χ0n) is 12.1. The Morgan fingerprint density at radius 3 is 2.57 bits per heavy atom. The van der Waals surface area contributed by atoms with Gasteiger partial charge in [0.05, 0.1) is 0 Å². The van der Waals surface area contributed by atoms with Crippen LogP contribution in [0.25, 0.3) is 0 Å². The van der Waals surface area contributed by atoms with E-state index in [-0.39, 0.29) is 5.75 Å². The van der Waals surface area contributed by atoms with Gasteiger partial charge >= 0.3 is 6.61 Å². The number of ether oxygens (including phenoxy) is 1. The van der Waals surface area contributed by atoms with Gasteiger partial charge < -0.3 is 10.1 Å². The van der Waals surface area contributed by atoms with Crippen LogP contribution in [-0.2, 0) is 0 Å². The lowest BCUT2D eigenvalue weighted by Crippen LogP contribution is -2.47. The lowest BCUT2D eigenvalue weighted by Gasteiger charge is -2.43. The van der Waals surface area contributed by atoms with Gasteiger partial charge in [-0.3, -0.25) is 4.90 Å². The van der Waals surface area contributed by atoms with Crippen LogP contribution in [0.3, 0.4) is 0 Å². The van der Waals surface area contributed by atoms with Crippen molar-refractivity contribution in [3.8, 4) is 5.75 Å². The summed E-state index contributed by atoms with van der Waals surface area (Å²) in [7, 11) is 0. The van der Waals surface area contributed by atoms with Gasteiger partial charge in [-0.25, -0.2) is 0 Å². The minimum Gasteiger partial charge on any atom is -0.435 e. The van der Waals surface area contributed by atoms with Crippen molar-refractivity contribution in [3.05, 3.63) is 29.8 Å². The molecule has 5 heteroatoms. The summed E-state index contributed by atoms with van der Waals surface area (Å²) in [6, 6.07) is 7.59. The molecule has 21 heavy (non-hydrogen) atoms. The number of alkyl halides is 2. The van der Waals surface area contributed by atoms with E-state index in [1.54, 1.807) is 12.1 Å². The maximum absolute atomic E-state index is 12.4. The number of halogens is 2. The van der Waals surface area contributed by atoms with Crippen molar-refractivity contribution < 1.29 is 13.5 Å². The molecule has 3 nitrogen and oxygen atoms in total. The third kappa shape index (κ3) is 3.52. The van der Waals surface area contributed by atoms with Crippen LogP contribution in [0.5, 0.6) is 5.75 Å². The summed E-state index contributed by atoms with van der Waals surface area (Å²) in [5, 5.41) is 3.37. The number of nitrogens with one attached hydrogen (secondary N) is 1. The fraction of sp³-hybridized carbons (Fsp3) is 0.625. The van der Waals surface area contributed by atoms with Gasteiger partial charge in [-0.05, 0) is 36.5 Å². The highest BCUT2D eigenvalue weighted by molar-refractivity contribution is 5.31. The molecule has 0 radical (unpaired) electrons. The molecule has 0 bridgehead atoms. The second kappa shape index (κ2) is 6.71. The molecule has 1 aliphatic carbocycles. The van der Waals surface area contributed by atoms with Crippen LogP contribution in [0.15, 0.2) is 24.3 Å². The van der Waals surface area contributed by atoms with Crippen LogP contribution < -0.4 is 10.1 Å². The minimum atomic E-state index is -2.76. The highest BCUT2D eigenvalue weighted by Gasteiger charge is 2.33. The number of nitrogens with zero attached hydrogens (tertiary/aromatic N) is 1. The van der Waals surface area contributed by atoms with Crippen LogP contribution in [0.4, 0.5) is 8.78 Å². The molecule has 1 heterocycles. The van der Waals surface area contributed by atoms with Crippen molar-refractivity contribution in [1.82, 2.24) is 10.2 Å². The topological polar surface area (TPSA) is 24.5 Å². The molecule has 1 aromatic carbocycles.